The SMILES string of the molecule is Cc1nc(N2CCC(=O)CC2)c2cc(CCC#N)c(Br)c(F)c2n1. The Morgan fingerprint density at radius 2 is 2.08 bits per heavy atom. The number of hydrogen-bond acceptors (Lipinski definition) is 5. The summed E-state index contributed by atoms with van der Waals surface area (Å²) >= 11 is 3.28. The fourth-order valence-corrected chi connectivity index (χ4v) is 3.43. The maximum Gasteiger partial charge on any atom is 0.164 e. The zero-order chi connectivity index (χ0) is 17.3. The number of fused-ring (bicyclic) bond motifs is 1. The van der Waals surface area contributed by atoms with E-state index in [4.69, 9.17) is 5.26 Å². The molecule has 0 saturated carbocycles. The molecule has 7 heteroatoms. The largest absolute Gasteiger partial charge is 0.355 e. The van der Waals surface area contributed by atoms with Crippen molar-refractivity contribution < 1.29 is 9.18 Å². The van der Waals surface area contributed by atoms with Crippen LogP contribution in [0.2, 0.25) is 0 Å². The van der Waals surface area contributed by atoms with Crippen molar-refractivity contribution in [1.82, 2.24) is 9.97 Å². The van der Waals surface area contributed by atoms with E-state index in [-0.39, 0.29) is 11.3 Å². The van der Waals surface area contributed by atoms with E-state index < -0.39 is 5.82 Å². The molecule has 1 aromatic carbocycles. The first-order chi connectivity index (χ1) is 11.5. The molecular weight excluding hydrogens is 375 g/mol. The number of carbonyl (C=O) groups is 1. The van der Waals surface area contributed by atoms with E-state index in [0.29, 0.717) is 60.3 Å². The van der Waals surface area contributed by atoms with Crippen molar-refractivity contribution in [2.24, 2.45) is 0 Å². The van der Waals surface area contributed by atoms with Crippen molar-refractivity contribution in [3.05, 3.63) is 27.7 Å². The molecule has 2 aromatic rings. The second kappa shape index (κ2) is 6.81. The van der Waals surface area contributed by atoms with E-state index in [2.05, 4.69) is 32.0 Å². The Kier molecular flexibility index (Phi) is 4.76. The molecule has 1 aromatic heterocycles. The number of halogens is 2. The second-order valence-corrected chi connectivity index (χ2v) is 6.63. The number of anilines is 1. The molecule has 1 aliphatic rings. The minimum atomic E-state index is -0.430. The number of piperidine rings is 1. The summed E-state index contributed by atoms with van der Waals surface area (Å²) in [6, 6.07) is 3.93. The Balaban J connectivity index is 2.16. The number of benzene rings is 1. The number of nitrogens with zero attached hydrogens (tertiary/aromatic N) is 4. The van der Waals surface area contributed by atoms with Crippen LogP contribution in [-0.4, -0.2) is 28.8 Å². The molecule has 0 spiro atoms. The summed E-state index contributed by atoms with van der Waals surface area (Å²) in [5, 5.41) is 9.43. The highest BCUT2D eigenvalue weighted by atomic mass is 79.9. The molecule has 0 N–H and O–H groups in total. The Morgan fingerprint density at radius 1 is 1.38 bits per heavy atom. The summed E-state index contributed by atoms with van der Waals surface area (Å²) < 4.78 is 15.1. The van der Waals surface area contributed by atoms with Crippen LogP contribution >= 0.6 is 15.9 Å². The normalized spacial score (nSPS) is 14.9. The first-order valence-corrected chi connectivity index (χ1v) is 8.59. The van der Waals surface area contributed by atoms with Crippen LogP contribution < -0.4 is 4.90 Å². The average molecular weight is 391 g/mol. The Labute approximate surface area is 147 Å². The van der Waals surface area contributed by atoms with E-state index in [1.165, 1.54) is 0 Å². The molecule has 24 heavy (non-hydrogen) atoms. The van der Waals surface area contributed by atoms with E-state index >= 15 is 0 Å². The van der Waals surface area contributed by atoms with Gasteiger partial charge in [-0.05, 0) is 40.9 Å². The summed E-state index contributed by atoms with van der Waals surface area (Å²) in [5.41, 5.74) is 0.991. The number of rotatable bonds is 3. The van der Waals surface area contributed by atoms with Gasteiger partial charge in [0.05, 0.1) is 10.5 Å². The van der Waals surface area contributed by atoms with Crippen molar-refractivity contribution >= 4 is 38.4 Å². The summed E-state index contributed by atoms with van der Waals surface area (Å²) in [6.07, 6.45) is 1.72. The lowest BCUT2D eigenvalue weighted by atomic mass is 10.0. The molecular formula is C17H16BrFN4O. The molecule has 124 valence electrons. The maximum absolute atomic E-state index is 14.8. The number of nitriles is 1. The average Bonchev–Trinajstić information content (AvgIpc) is 2.57. The summed E-state index contributed by atoms with van der Waals surface area (Å²) in [7, 11) is 0. The highest BCUT2D eigenvalue weighted by Gasteiger charge is 2.23. The van der Waals surface area contributed by atoms with Crippen molar-refractivity contribution in [1.29, 1.82) is 5.26 Å². The van der Waals surface area contributed by atoms with E-state index in [1.54, 1.807) is 6.92 Å². The quantitative estimate of drug-likeness (QED) is 0.802. The van der Waals surface area contributed by atoms with Crippen molar-refractivity contribution in [3.63, 3.8) is 0 Å². The maximum atomic E-state index is 14.8. The zero-order valence-electron chi connectivity index (χ0n) is 13.3. The lowest BCUT2D eigenvalue weighted by Crippen LogP contribution is -2.34. The first-order valence-electron chi connectivity index (χ1n) is 7.80. The molecule has 0 unspecified atom stereocenters. The van der Waals surface area contributed by atoms with Gasteiger partial charge in [-0.2, -0.15) is 5.26 Å². The molecule has 1 aliphatic heterocycles. The van der Waals surface area contributed by atoms with Gasteiger partial charge in [0.1, 0.15) is 22.9 Å². The van der Waals surface area contributed by atoms with E-state index in [9.17, 15) is 9.18 Å². The van der Waals surface area contributed by atoms with Gasteiger partial charge in [0.2, 0.25) is 0 Å². The van der Waals surface area contributed by atoms with E-state index in [1.807, 2.05) is 11.0 Å². The van der Waals surface area contributed by atoms with Crippen LogP contribution in [-0.2, 0) is 11.2 Å². The van der Waals surface area contributed by atoms with Gasteiger partial charge in [0, 0.05) is 37.7 Å². The summed E-state index contributed by atoms with van der Waals surface area (Å²) in [5.74, 6) is 0.963. The molecule has 0 amide bonds. The van der Waals surface area contributed by atoms with Crippen molar-refractivity contribution in [2.45, 2.75) is 32.6 Å². The highest BCUT2D eigenvalue weighted by molar-refractivity contribution is 9.10. The third kappa shape index (κ3) is 3.11. The molecule has 3 rings (SSSR count). The number of hydrogen-bond donors (Lipinski definition) is 0. The molecule has 5 nitrogen and oxygen atoms in total. The summed E-state index contributed by atoms with van der Waals surface area (Å²) in [6.45, 7) is 2.89. The highest BCUT2D eigenvalue weighted by Crippen LogP contribution is 2.34. The van der Waals surface area contributed by atoms with Gasteiger partial charge in [-0.1, -0.05) is 0 Å². The Morgan fingerprint density at radius 3 is 2.75 bits per heavy atom. The molecule has 1 saturated heterocycles. The topological polar surface area (TPSA) is 69.9 Å². The molecule has 0 radical (unpaired) electrons. The number of carbonyl (C=O) groups excluding carboxylic acids is 1. The Bertz CT molecular complexity index is 852. The fourth-order valence-electron chi connectivity index (χ4n) is 2.93. The lowest BCUT2D eigenvalue weighted by Gasteiger charge is -2.28. The number of Topliss-reactive ketones (excluding diaryl/α,β-unsaturated/α-hetero) is 1. The predicted molar refractivity (Wildman–Crippen MR) is 92.3 cm³/mol. The molecule has 0 bridgehead atoms. The number of aryl methyl sites for hydroxylation is 2. The van der Waals surface area contributed by atoms with Gasteiger partial charge < -0.3 is 4.90 Å². The van der Waals surface area contributed by atoms with Crippen LogP contribution in [0.5, 0.6) is 0 Å². The van der Waals surface area contributed by atoms with Crippen LogP contribution in [0.4, 0.5) is 10.2 Å². The molecule has 0 aliphatic carbocycles. The fraction of sp³-hybridized carbons (Fsp3) is 0.412. The third-order valence-corrected chi connectivity index (χ3v) is 5.02. The summed E-state index contributed by atoms with van der Waals surface area (Å²) in [4.78, 5) is 22.3. The van der Waals surface area contributed by atoms with Crippen LogP contribution in [0.25, 0.3) is 10.9 Å². The Hall–Kier alpha value is -2.07. The third-order valence-electron chi connectivity index (χ3n) is 4.17. The van der Waals surface area contributed by atoms with Gasteiger partial charge in [-0.3, -0.25) is 4.79 Å². The van der Waals surface area contributed by atoms with Gasteiger partial charge in [-0.15, -0.1) is 0 Å². The van der Waals surface area contributed by atoms with E-state index in [0.717, 1.165) is 5.56 Å². The predicted octanol–water partition coefficient (Wildman–Crippen LogP) is 3.47. The van der Waals surface area contributed by atoms with Gasteiger partial charge in [0.25, 0.3) is 0 Å². The van der Waals surface area contributed by atoms with Crippen LogP contribution in [0, 0.1) is 24.1 Å². The smallest absolute Gasteiger partial charge is 0.164 e. The van der Waals surface area contributed by atoms with Gasteiger partial charge >= 0.3 is 0 Å². The zero-order valence-corrected chi connectivity index (χ0v) is 14.9. The lowest BCUT2D eigenvalue weighted by molar-refractivity contribution is -0.119. The molecule has 2 heterocycles. The minimum absolute atomic E-state index is 0.241. The van der Waals surface area contributed by atoms with Gasteiger partial charge in [0.15, 0.2) is 5.82 Å². The molecule has 0 atom stereocenters. The van der Waals surface area contributed by atoms with Gasteiger partial charge in [-0.25, -0.2) is 14.4 Å². The molecule has 1 fully saturated rings. The van der Waals surface area contributed by atoms with Crippen LogP contribution in [0.15, 0.2) is 10.5 Å². The minimum Gasteiger partial charge on any atom is -0.355 e. The number of ketones is 1. The van der Waals surface area contributed by atoms with Crippen LogP contribution in [0.3, 0.4) is 0 Å². The van der Waals surface area contributed by atoms with Crippen LogP contribution in [0.1, 0.15) is 30.7 Å². The number of aromatic nitrogens is 2. The second-order valence-electron chi connectivity index (χ2n) is 5.84. The van der Waals surface area contributed by atoms with Crippen molar-refractivity contribution in [2.75, 3.05) is 18.0 Å². The standard InChI is InChI=1S/C17H16BrFN4O/c1-10-21-16-13(9-11(3-2-6-20)14(18)15(16)19)17(22-10)23-7-4-12(24)5-8-23/h9H,2-5,7-8H2,1H3. The van der Waals surface area contributed by atoms with Crippen molar-refractivity contribution in [3.8, 4) is 6.07 Å². The monoisotopic (exact) mass is 390 g/mol. The first kappa shape index (κ1) is 16.8.